The molecule has 0 radical (unpaired) electrons. The van der Waals surface area contributed by atoms with Gasteiger partial charge in [0.2, 0.25) is 0 Å². The van der Waals surface area contributed by atoms with Gasteiger partial charge in [0.15, 0.2) is 0 Å². The van der Waals surface area contributed by atoms with Crippen LogP contribution in [0.15, 0.2) is 45.3 Å². The van der Waals surface area contributed by atoms with Crippen LogP contribution in [0.25, 0.3) is 11.1 Å². The second-order valence-electron chi connectivity index (χ2n) is 6.05. The van der Waals surface area contributed by atoms with E-state index in [1.165, 1.54) is 52.4 Å². The highest BCUT2D eigenvalue weighted by atomic mass is 79.9. The average molecular weight is 566 g/mol. The predicted octanol–water partition coefficient (Wildman–Crippen LogP) is 7.83. The molecule has 0 heterocycles. The van der Waals surface area contributed by atoms with E-state index in [0.29, 0.717) is 0 Å². The molecule has 0 bridgehead atoms. The largest absolute Gasteiger partial charge is 0.0928 e. The summed E-state index contributed by atoms with van der Waals surface area (Å²) in [7, 11) is 0. The minimum Gasteiger partial charge on any atom is -0.0928 e. The second kappa shape index (κ2) is 7.72. The van der Waals surface area contributed by atoms with Crippen molar-refractivity contribution < 1.29 is 0 Å². The molecule has 0 atom stereocenters. The Balaban J connectivity index is 2.22. The van der Waals surface area contributed by atoms with Gasteiger partial charge in [-0.2, -0.15) is 0 Å². The summed E-state index contributed by atoms with van der Waals surface area (Å²) in [6.07, 6.45) is 4.74. The van der Waals surface area contributed by atoms with E-state index in [2.05, 4.69) is 100 Å². The maximum absolute atomic E-state index is 3.68. The zero-order valence-electron chi connectivity index (χ0n) is 12.7. The summed E-state index contributed by atoms with van der Waals surface area (Å²) < 4.78 is 2.33. The maximum Gasteiger partial charge on any atom is 0.0216 e. The predicted molar refractivity (Wildman–Crippen MR) is 114 cm³/mol. The summed E-state index contributed by atoms with van der Waals surface area (Å²) in [5.74, 6) is 0. The van der Waals surface area contributed by atoms with Gasteiger partial charge in [-0.1, -0.05) is 75.9 Å². The first-order valence-electron chi connectivity index (χ1n) is 7.85. The van der Waals surface area contributed by atoms with Crippen LogP contribution in [-0.4, -0.2) is 10.7 Å². The minimum absolute atomic E-state index is 0.136. The third-order valence-electron chi connectivity index (χ3n) is 4.76. The van der Waals surface area contributed by atoms with E-state index < -0.39 is 0 Å². The average Bonchev–Trinajstić information content (AvgIpc) is 2.80. The van der Waals surface area contributed by atoms with Crippen LogP contribution in [0.2, 0.25) is 0 Å². The van der Waals surface area contributed by atoms with E-state index in [1.54, 1.807) is 0 Å². The Hall–Kier alpha value is 0.360. The van der Waals surface area contributed by atoms with Gasteiger partial charge in [-0.05, 0) is 72.2 Å². The first kappa shape index (κ1) is 18.2. The molecule has 2 aromatic rings. The van der Waals surface area contributed by atoms with Gasteiger partial charge in [0, 0.05) is 25.0 Å². The van der Waals surface area contributed by atoms with Crippen molar-refractivity contribution in [2.75, 3.05) is 10.7 Å². The monoisotopic (exact) mass is 562 g/mol. The normalized spacial score (nSPS) is 14.6. The van der Waals surface area contributed by atoms with Gasteiger partial charge in [0.25, 0.3) is 0 Å². The summed E-state index contributed by atoms with van der Waals surface area (Å²) in [6, 6.07) is 13.6. The maximum atomic E-state index is 3.68. The van der Waals surface area contributed by atoms with Gasteiger partial charge in [0.05, 0.1) is 0 Å². The van der Waals surface area contributed by atoms with Crippen LogP contribution in [0, 0.1) is 0 Å². The molecule has 3 rings (SSSR count). The number of rotatable bonds is 6. The van der Waals surface area contributed by atoms with E-state index >= 15 is 0 Å². The molecule has 0 aromatic heterocycles. The third-order valence-corrected chi connectivity index (χ3v) is 6.87. The Morgan fingerprint density at radius 1 is 0.696 bits per heavy atom. The molecule has 1 aliphatic carbocycles. The summed E-state index contributed by atoms with van der Waals surface area (Å²) >= 11 is 14.6. The number of fused-ring (bicyclic) bond motifs is 3. The Bertz CT molecular complexity index is 701. The van der Waals surface area contributed by atoms with Crippen molar-refractivity contribution in [3.05, 3.63) is 56.5 Å². The molecule has 0 fully saturated rings. The van der Waals surface area contributed by atoms with Gasteiger partial charge < -0.3 is 0 Å². The van der Waals surface area contributed by atoms with E-state index in [4.69, 9.17) is 0 Å². The fourth-order valence-electron chi connectivity index (χ4n) is 3.85. The SMILES string of the molecule is BrCCCC1(CCCBr)c2ccc(Br)cc2-c2ccc(Br)cc21. The van der Waals surface area contributed by atoms with Gasteiger partial charge in [-0.25, -0.2) is 0 Å². The number of hydrogen-bond donors (Lipinski definition) is 0. The zero-order chi connectivity index (χ0) is 16.4. The quantitative estimate of drug-likeness (QED) is 0.313. The standard InChI is InChI=1S/C19H18Br4/c20-9-1-7-19(8-2-10-21)17-6-4-13(22)11-16(17)15-5-3-14(23)12-18(15)19/h3-6,11-12H,1-2,7-10H2. The van der Waals surface area contributed by atoms with Crippen molar-refractivity contribution in [3.8, 4) is 11.1 Å². The Labute approximate surface area is 172 Å². The molecule has 0 saturated carbocycles. The van der Waals surface area contributed by atoms with Crippen LogP contribution in [0.3, 0.4) is 0 Å². The van der Waals surface area contributed by atoms with Gasteiger partial charge in [-0.3, -0.25) is 0 Å². The number of hydrogen-bond acceptors (Lipinski definition) is 0. The number of alkyl halides is 2. The van der Waals surface area contributed by atoms with Crippen LogP contribution < -0.4 is 0 Å². The first-order valence-corrected chi connectivity index (χ1v) is 11.7. The molecule has 0 amide bonds. The van der Waals surface area contributed by atoms with Crippen molar-refractivity contribution in [1.82, 2.24) is 0 Å². The fourth-order valence-corrected chi connectivity index (χ4v) is 5.13. The van der Waals surface area contributed by atoms with Crippen LogP contribution in [-0.2, 0) is 5.41 Å². The highest BCUT2D eigenvalue weighted by Gasteiger charge is 2.42. The number of benzene rings is 2. The van der Waals surface area contributed by atoms with E-state index in [-0.39, 0.29) is 5.41 Å². The molecule has 0 saturated heterocycles. The minimum atomic E-state index is 0.136. The molecule has 0 nitrogen and oxygen atoms in total. The third kappa shape index (κ3) is 3.38. The molecular weight excluding hydrogens is 548 g/mol. The summed E-state index contributed by atoms with van der Waals surface area (Å²) in [5.41, 5.74) is 5.91. The van der Waals surface area contributed by atoms with Gasteiger partial charge in [-0.15, -0.1) is 0 Å². The topological polar surface area (TPSA) is 0 Å². The zero-order valence-corrected chi connectivity index (χ0v) is 19.1. The van der Waals surface area contributed by atoms with Crippen molar-refractivity contribution >= 4 is 63.7 Å². The van der Waals surface area contributed by atoms with Crippen molar-refractivity contribution in [2.24, 2.45) is 0 Å². The van der Waals surface area contributed by atoms with Crippen molar-refractivity contribution in [2.45, 2.75) is 31.1 Å². The van der Waals surface area contributed by atoms with Crippen molar-refractivity contribution in [1.29, 1.82) is 0 Å². The lowest BCUT2D eigenvalue weighted by molar-refractivity contribution is 0.439. The molecule has 122 valence electrons. The van der Waals surface area contributed by atoms with Crippen LogP contribution in [0.4, 0.5) is 0 Å². The highest BCUT2D eigenvalue weighted by molar-refractivity contribution is 9.11. The lowest BCUT2D eigenvalue weighted by atomic mass is 9.71. The Morgan fingerprint density at radius 2 is 1.30 bits per heavy atom. The Kier molecular flexibility index (Phi) is 6.09. The fraction of sp³-hybridized carbons (Fsp3) is 0.368. The first-order chi connectivity index (χ1) is 11.1. The smallest absolute Gasteiger partial charge is 0.0216 e. The van der Waals surface area contributed by atoms with Gasteiger partial charge >= 0.3 is 0 Å². The molecular formula is C19H18Br4. The van der Waals surface area contributed by atoms with E-state index in [1.807, 2.05) is 0 Å². The Morgan fingerprint density at radius 3 is 1.96 bits per heavy atom. The molecule has 0 N–H and O–H groups in total. The molecule has 23 heavy (non-hydrogen) atoms. The van der Waals surface area contributed by atoms with Gasteiger partial charge in [0.1, 0.15) is 0 Å². The molecule has 2 aromatic carbocycles. The summed E-state index contributed by atoms with van der Waals surface area (Å²) in [6.45, 7) is 0. The molecule has 0 spiro atoms. The number of halogens is 4. The summed E-state index contributed by atoms with van der Waals surface area (Å²) in [4.78, 5) is 0. The van der Waals surface area contributed by atoms with Crippen LogP contribution >= 0.6 is 63.7 Å². The van der Waals surface area contributed by atoms with Crippen LogP contribution in [0.1, 0.15) is 36.8 Å². The molecule has 4 heteroatoms. The van der Waals surface area contributed by atoms with E-state index in [0.717, 1.165) is 15.1 Å². The molecule has 0 unspecified atom stereocenters. The molecule has 0 aliphatic heterocycles. The highest BCUT2D eigenvalue weighted by Crippen LogP contribution is 2.54. The lowest BCUT2D eigenvalue weighted by Gasteiger charge is -2.32. The second-order valence-corrected chi connectivity index (χ2v) is 9.46. The molecule has 1 aliphatic rings. The van der Waals surface area contributed by atoms with Crippen LogP contribution in [0.5, 0.6) is 0 Å². The van der Waals surface area contributed by atoms with E-state index in [9.17, 15) is 0 Å². The lowest BCUT2D eigenvalue weighted by Crippen LogP contribution is -2.25. The summed E-state index contributed by atoms with van der Waals surface area (Å²) in [5, 5.41) is 2.11. The van der Waals surface area contributed by atoms with Crippen molar-refractivity contribution in [3.63, 3.8) is 0 Å².